The molecule has 0 aliphatic carbocycles. The van der Waals surface area contributed by atoms with E-state index in [1.54, 1.807) is 30.3 Å². The van der Waals surface area contributed by atoms with Crippen molar-refractivity contribution in [3.05, 3.63) is 58.1 Å². The lowest BCUT2D eigenvalue weighted by Gasteiger charge is -2.18. The second-order valence-electron chi connectivity index (χ2n) is 4.74. The molecule has 0 aliphatic heterocycles. The predicted molar refractivity (Wildman–Crippen MR) is 91.2 cm³/mol. The predicted octanol–water partition coefficient (Wildman–Crippen LogP) is 3.67. The minimum absolute atomic E-state index is 0.0833. The first-order valence-electron chi connectivity index (χ1n) is 6.70. The van der Waals surface area contributed by atoms with Gasteiger partial charge in [-0.1, -0.05) is 29.3 Å². The Bertz CT molecular complexity index is 639. The molecule has 116 valence electrons. The van der Waals surface area contributed by atoms with E-state index in [2.05, 4.69) is 5.32 Å². The monoisotopic (exact) mass is 338 g/mol. The van der Waals surface area contributed by atoms with Crippen LogP contribution in [0.15, 0.2) is 42.5 Å². The number of aliphatic hydroxyl groups excluding tert-OH is 1. The first kappa shape index (κ1) is 16.6. The molecule has 6 heteroatoms. The van der Waals surface area contributed by atoms with Gasteiger partial charge in [0, 0.05) is 25.0 Å². The van der Waals surface area contributed by atoms with E-state index in [0.717, 1.165) is 5.69 Å². The SMILES string of the molecule is CN(CCO)c1ccc(NC(=O)c2c(Cl)cccc2Cl)cc1. The highest BCUT2D eigenvalue weighted by Crippen LogP contribution is 2.25. The molecule has 0 bridgehead atoms. The van der Waals surface area contributed by atoms with Gasteiger partial charge in [0.15, 0.2) is 0 Å². The average molecular weight is 339 g/mol. The molecular formula is C16H16Cl2N2O2. The number of nitrogens with one attached hydrogen (secondary N) is 1. The van der Waals surface area contributed by atoms with Crippen molar-refractivity contribution < 1.29 is 9.90 Å². The quantitative estimate of drug-likeness (QED) is 0.874. The van der Waals surface area contributed by atoms with E-state index >= 15 is 0 Å². The van der Waals surface area contributed by atoms with Crippen LogP contribution in [0.4, 0.5) is 11.4 Å². The van der Waals surface area contributed by atoms with Gasteiger partial charge in [-0.25, -0.2) is 0 Å². The summed E-state index contributed by atoms with van der Waals surface area (Å²) >= 11 is 12.0. The Kier molecular flexibility index (Phi) is 5.66. The van der Waals surface area contributed by atoms with E-state index in [9.17, 15) is 4.79 Å². The van der Waals surface area contributed by atoms with E-state index in [4.69, 9.17) is 28.3 Å². The molecule has 0 saturated carbocycles. The highest BCUT2D eigenvalue weighted by atomic mass is 35.5. The van der Waals surface area contributed by atoms with E-state index < -0.39 is 0 Å². The molecule has 2 aromatic carbocycles. The van der Waals surface area contributed by atoms with Crippen molar-refractivity contribution in [2.24, 2.45) is 0 Å². The van der Waals surface area contributed by atoms with Crippen LogP contribution in [0.25, 0.3) is 0 Å². The van der Waals surface area contributed by atoms with E-state index in [1.165, 1.54) is 0 Å². The maximum Gasteiger partial charge on any atom is 0.258 e. The number of amides is 1. The average Bonchev–Trinajstić information content (AvgIpc) is 2.48. The molecule has 2 rings (SSSR count). The van der Waals surface area contributed by atoms with Gasteiger partial charge in [-0.15, -0.1) is 0 Å². The van der Waals surface area contributed by atoms with Crippen LogP contribution < -0.4 is 10.2 Å². The Balaban J connectivity index is 2.12. The summed E-state index contributed by atoms with van der Waals surface area (Å²) in [5.41, 5.74) is 1.84. The molecule has 2 aromatic rings. The van der Waals surface area contributed by atoms with Gasteiger partial charge in [0.2, 0.25) is 0 Å². The highest BCUT2D eigenvalue weighted by Gasteiger charge is 2.14. The molecule has 1 amide bonds. The number of carbonyl (C=O) groups is 1. The number of likely N-dealkylation sites (N-methyl/N-ethyl adjacent to an activating group) is 1. The lowest BCUT2D eigenvalue weighted by molar-refractivity contribution is 0.102. The van der Waals surface area contributed by atoms with Gasteiger partial charge in [-0.3, -0.25) is 4.79 Å². The zero-order valence-electron chi connectivity index (χ0n) is 12.0. The maximum absolute atomic E-state index is 12.3. The lowest BCUT2D eigenvalue weighted by Crippen LogP contribution is -2.21. The van der Waals surface area contributed by atoms with Crippen molar-refractivity contribution in [1.82, 2.24) is 0 Å². The van der Waals surface area contributed by atoms with Crippen LogP contribution >= 0.6 is 23.2 Å². The number of hydrogen-bond donors (Lipinski definition) is 2. The summed E-state index contributed by atoms with van der Waals surface area (Å²) in [5, 5.41) is 12.3. The summed E-state index contributed by atoms with van der Waals surface area (Å²) < 4.78 is 0. The number of halogens is 2. The fourth-order valence-corrected chi connectivity index (χ4v) is 2.56. The number of hydrogen-bond acceptors (Lipinski definition) is 3. The molecule has 22 heavy (non-hydrogen) atoms. The molecule has 0 fully saturated rings. The van der Waals surface area contributed by atoms with Crippen molar-refractivity contribution in [1.29, 1.82) is 0 Å². The molecule has 0 aliphatic rings. The summed E-state index contributed by atoms with van der Waals surface area (Å²) in [5.74, 6) is -0.355. The summed E-state index contributed by atoms with van der Waals surface area (Å²) in [6, 6.07) is 12.2. The smallest absolute Gasteiger partial charge is 0.258 e. The Morgan fingerprint density at radius 3 is 2.27 bits per heavy atom. The van der Waals surface area contributed by atoms with Crippen LogP contribution in [0.2, 0.25) is 10.0 Å². The van der Waals surface area contributed by atoms with Gasteiger partial charge in [-0.2, -0.15) is 0 Å². The molecule has 0 atom stereocenters. The number of benzene rings is 2. The zero-order chi connectivity index (χ0) is 16.1. The zero-order valence-corrected chi connectivity index (χ0v) is 13.5. The molecule has 0 unspecified atom stereocenters. The number of carbonyl (C=O) groups excluding carboxylic acids is 1. The van der Waals surface area contributed by atoms with Crippen LogP contribution in [-0.4, -0.2) is 31.2 Å². The summed E-state index contributed by atoms with van der Waals surface area (Å²) in [7, 11) is 1.88. The van der Waals surface area contributed by atoms with Crippen LogP contribution in [0, 0.1) is 0 Å². The normalized spacial score (nSPS) is 10.4. The second-order valence-corrected chi connectivity index (χ2v) is 5.56. The van der Waals surface area contributed by atoms with Crippen molar-refractivity contribution in [2.75, 3.05) is 30.4 Å². The third-order valence-electron chi connectivity index (χ3n) is 3.19. The maximum atomic E-state index is 12.3. The minimum Gasteiger partial charge on any atom is -0.395 e. The highest BCUT2D eigenvalue weighted by molar-refractivity contribution is 6.40. The first-order chi connectivity index (χ1) is 10.5. The van der Waals surface area contributed by atoms with Gasteiger partial charge < -0.3 is 15.3 Å². The molecule has 2 N–H and O–H groups in total. The molecule has 0 spiro atoms. The standard InChI is InChI=1S/C16H16Cl2N2O2/c1-20(9-10-21)12-7-5-11(6-8-12)19-16(22)15-13(17)3-2-4-14(15)18/h2-8,21H,9-10H2,1H3,(H,19,22). The minimum atomic E-state index is -0.355. The first-order valence-corrected chi connectivity index (χ1v) is 7.46. The van der Waals surface area contributed by atoms with Crippen molar-refractivity contribution in [2.45, 2.75) is 0 Å². The van der Waals surface area contributed by atoms with Crippen molar-refractivity contribution >= 4 is 40.5 Å². The fourth-order valence-electron chi connectivity index (χ4n) is 1.99. The summed E-state index contributed by atoms with van der Waals surface area (Å²) in [6.45, 7) is 0.626. The second kappa shape index (κ2) is 7.49. The van der Waals surface area contributed by atoms with E-state index in [1.807, 2.05) is 24.1 Å². The third kappa shape index (κ3) is 3.91. The van der Waals surface area contributed by atoms with Crippen molar-refractivity contribution in [3.63, 3.8) is 0 Å². The molecular weight excluding hydrogens is 323 g/mol. The van der Waals surface area contributed by atoms with E-state index in [-0.39, 0.29) is 18.1 Å². The van der Waals surface area contributed by atoms with Crippen LogP contribution in [0.3, 0.4) is 0 Å². The number of aliphatic hydroxyl groups is 1. The van der Waals surface area contributed by atoms with Crippen LogP contribution in [0.5, 0.6) is 0 Å². The fraction of sp³-hybridized carbons (Fsp3) is 0.188. The number of anilines is 2. The Hall–Kier alpha value is -1.75. The summed E-state index contributed by atoms with van der Waals surface area (Å²) in [6.07, 6.45) is 0. The Morgan fingerprint density at radius 1 is 1.14 bits per heavy atom. The molecule has 0 radical (unpaired) electrons. The summed E-state index contributed by atoms with van der Waals surface area (Å²) in [4.78, 5) is 14.2. The molecule has 0 heterocycles. The van der Waals surface area contributed by atoms with Gasteiger partial charge >= 0.3 is 0 Å². The Labute approximate surface area is 139 Å². The molecule has 0 saturated heterocycles. The van der Waals surface area contributed by atoms with E-state index in [0.29, 0.717) is 22.3 Å². The number of nitrogens with zero attached hydrogens (tertiary/aromatic N) is 1. The Morgan fingerprint density at radius 2 is 1.73 bits per heavy atom. The third-order valence-corrected chi connectivity index (χ3v) is 3.82. The van der Waals surface area contributed by atoms with Crippen molar-refractivity contribution in [3.8, 4) is 0 Å². The number of rotatable bonds is 5. The van der Waals surface area contributed by atoms with Gasteiger partial charge in [0.1, 0.15) is 0 Å². The largest absolute Gasteiger partial charge is 0.395 e. The lowest BCUT2D eigenvalue weighted by atomic mass is 10.2. The van der Waals surface area contributed by atoms with Crippen LogP contribution in [-0.2, 0) is 0 Å². The topological polar surface area (TPSA) is 52.6 Å². The van der Waals surface area contributed by atoms with Gasteiger partial charge in [-0.05, 0) is 36.4 Å². The van der Waals surface area contributed by atoms with Gasteiger partial charge in [0.25, 0.3) is 5.91 Å². The molecule has 4 nitrogen and oxygen atoms in total. The van der Waals surface area contributed by atoms with Crippen LogP contribution in [0.1, 0.15) is 10.4 Å². The molecule has 0 aromatic heterocycles. The van der Waals surface area contributed by atoms with Gasteiger partial charge in [0.05, 0.1) is 22.2 Å².